The number of rotatable bonds is 3. The minimum Gasteiger partial charge on any atom is -0.281 e. The standard InChI is InChI=1S/C18H13ClN2OS/c1-12-11-16(13-5-3-2-4-6-13)21-18(20-12)23-17(22)14-7-9-15(19)10-8-14/h2-11H,1H3. The molecule has 1 heterocycles. The molecule has 3 aromatic rings. The highest BCUT2D eigenvalue weighted by Crippen LogP contribution is 2.24. The Kier molecular flexibility index (Phi) is 4.74. The van der Waals surface area contributed by atoms with E-state index in [0.29, 0.717) is 15.7 Å². The Bertz CT molecular complexity index is 835. The van der Waals surface area contributed by atoms with E-state index in [1.807, 2.05) is 43.3 Å². The zero-order valence-corrected chi connectivity index (χ0v) is 13.9. The number of aryl methyl sites for hydroxylation is 1. The van der Waals surface area contributed by atoms with Gasteiger partial charge in [0.25, 0.3) is 0 Å². The molecule has 0 aliphatic heterocycles. The molecule has 0 N–H and O–H groups in total. The molecule has 0 amide bonds. The van der Waals surface area contributed by atoms with E-state index in [4.69, 9.17) is 11.6 Å². The average molecular weight is 341 g/mol. The molecule has 3 nitrogen and oxygen atoms in total. The number of hydrogen-bond donors (Lipinski definition) is 0. The molecule has 114 valence electrons. The van der Waals surface area contributed by atoms with Crippen molar-refractivity contribution >= 4 is 28.5 Å². The van der Waals surface area contributed by atoms with Gasteiger partial charge in [-0.1, -0.05) is 41.9 Å². The lowest BCUT2D eigenvalue weighted by Crippen LogP contribution is -1.98. The number of hydrogen-bond acceptors (Lipinski definition) is 4. The highest BCUT2D eigenvalue weighted by Gasteiger charge is 2.12. The van der Waals surface area contributed by atoms with Crippen LogP contribution in [0.2, 0.25) is 5.02 Å². The van der Waals surface area contributed by atoms with Crippen molar-refractivity contribution in [2.24, 2.45) is 0 Å². The van der Waals surface area contributed by atoms with Gasteiger partial charge in [-0.2, -0.15) is 0 Å². The van der Waals surface area contributed by atoms with Gasteiger partial charge in [0.15, 0.2) is 5.16 Å². The minimum atomic E-state index is -0.105. The predicted molar refractivity (Wildman–Crippen MR) is 93.8 cm³/mol. The maximum Gasteiger partial charge on any atom is 0.227 e. The zero-order valence-electron chi connectivity index (χ0n) is 12.4. The number of benzene rings is 2. The van der Waals surface area contributed by atoms with E-state index in [2.05, 4.69) is 9.97 Å². The number of thioether (sulfide) groups is 1. The second-order valence-electron chi connectivity index (χ2n) is 4.94. The van der Waals surface area contributed by atoms with Crippen molar-refractivity contribution in [3.8, 4) is 11.3 Å². The van der Waals surface area contributed by atoms with E-state index in [1.54, 1.807) is 24.3 Å². The molecule has 5 heteroatoms. The van der Waals surface area contributed by atoms with Crippen LogP contribution < -0.4 is 0 Å². The lowest BCUT2D eigenvalue weighted by molar-refractivity contribution is 0.108. The first-order valence-electron chi connectivity index (χ1n) is 7.01. The number of aromatic nitrogens is 2. The lowest BCUT2D eigenvalue weighted by Gasteiger charge is -2.05. The van der Waals surface area contributed by atoms with Gasteiger partial charge in [0.2, 0.25) is 5.12 Å². The van der Waals surface area contributed by atoms with Gasteiger partial charge in [-0.05, 0) is 49.0 Å². The summed E-state index contributed by atoms with van der Waals surface area (Å²) in [6.07, 6.45) is 0. The summed E-state index contributed by atoms with van der Waals surface area (Å²) in [5.74, 6) is 0. The summed E-state index contributed by atoms with van der Waals surface area (Å²) in [6.45, 7) is 1.89. The highest BCUT2D eigenvalue weighted by molar-refractivity contribution is 8.14. The van der Waals surface area contributed by atoms with Crippen LogP contribution in [0.4, 0.5) is 0 Å². The molecule has 0 spiro atoms. The molecule has 0 unspecified atom stereocenters. The molecular formula is C18H13ClN2OS. The molecule has 23 heavy (non-hydrogen) atoms. The maximum absolute atomic E-state index is 12.3. The van der Waals surface area contributed by atoms with Crippen molar-refractivity contribution in [1.82, 2.24) is 9.97 Å². The molecule has 0 aliphatic rings. The molecule has 0 radical (unpaired) electrons. The molecule has 3 rings (SSSR count). The fraction of sp³-hybridized carbons (Fsp3) is 0.0556. The largest absolute Gasteiger partial charge is 0.281 e. The van der Waals surface area contributed by atoms with Crippen LogP contribution in [-0.2, 0) is 0 Å². The summed E-state index contributed by atoms with van der Waals surface area (Å²) in [6, 6.07) is 18.5. The van der Waals surface area contributed by atoms with Crippen LogP contribution in [0.3, 0.4) is 0 Å². The Hall–Kier alpha value is -2.17. The second-order valence-corrected chi connectivity index (χ2v) is 6.32. The first-order valence-corrected chi connectivity index (χ1v) is 8.20. The molecule has 0 fully saturated rings. The fourth-order valence-electron chi connectivity index (χ4n) is 2.07. The van der Waals surface area contributed by atoms with Crippen molar-refractivity contribution in [2.45, 2.75) is 12.1 Å². The second kappa shape index (κ2) is 6.94. The smallest absolute Gasteiger partial charge is 0.227 e. The Morgan fingerprint density at radius 3 is 2.39 bits per heavy atom. The average Bonchev–Trinajstić information content (AvgIpc) is 2.55. The monoisotopic (exact) mass is 340 g/mol. The Balaban J connectivity index is 1.87. The Morgan fingerprint density at radius 1 is 1.00 bits per heavy atom. The van der Waals surface area contributed by atoms with Crippen LogP contribution in [-0.4, -0.2) is 15.1 Å². The number of halogens is 1. The van der Waals surface area contributed by atoms with Crippen molar-refractivity contribution < 1.29 is 4.79 Å². The minimum absolute atomic E-state index is 0.105. The van der Waals surface area contributed by atoms with Crippen LogP contribution >= 0.6 is 23.4 Å². The maximum atomic E-state index is 12.3. The summed E-state index contributed by atoms with van der Waals surface area (Å²) >= 11 is 6.86. The number of carbonyl (C=O) groups is 1. The summed E-state index contributed by atoms with van der Waals surface area (Å²) in [4.78, 5) is 21.2. The fourth-order valence-corrected chi connectivity index (χ4v) is 2.95. The van der Waals surface area contributed by atoms with E-state index in [-0.39, 0.29) is 5.12 Å². The van der Waals surface area contributed by atoms with E-state index in [1.165, 1.54) is 0 Å². The van der Waals surface area contributed by atoms with E-state index in [9.17, 15) is 4.79 Å². The molecule has 0 bridgehead atoms. The molecule has 1 aromatic heterocycles. The van der Waals surface area contributed by atoms with Crippen LogP contribution in [0, 0.1) is 6.92 Å². The van der Waals surface area contributed by atoms with Gasteiger partial charge < -0.3 is 0 Å². The SMILES string of the molecule is Cc1cc(-c2ccccc2)nc(SC(=O)c2ccc(Cl)cc2)n1. The van der Waals surface area contributed by atoms with E-state index in [0.717, 1.165) is 28.7 Å². The lowest BCUT2D eigenvalue weighted by atomic mass is 10.1. The van der Waals surface area contributed by atoms with Gasteiger partial charge in [0.1, 0.15) is 0 Å². The molecule has 0 aliphatic carbocycles. The van der Waals surface area contributed by atoms with Crippen molar-refractivity contribution in [3.63, 3.8) is 0 Å². The number of carbonyl (C=O) groups excluding carboxylic acids is 1. The predicted octanol–water partition coefficient (Wildman–Crippen LogP) is 5.04. The summed E-state index contributed by atoms with van der Waals surface area (Å²) in [7, 11) is 0. The van der Waals surface area contributed by atoms with Crippen LogP contribution in [0.25, 0.3) is 11.3 Å². The quantitative estimate of drug-likeness (QED) is 0.495. The van der Waals surface area contributed by atoms with Gasteiger partial charge in [-0.15, -0.1) is 0 Å². The third-order valence-corrected chi connectivity index (χ3v) is 4.21. The van der Waals surface area contributed by atoms with Crippen LogP contribution in [0.5, 0.6) is 0 Å². The van der Waals surface area contributed by atoms with E-state index >= 15 is 0 Å². The Morgan fingerprint density at radius 2 is 1.70 bits per heavy atom. The van der Waals surface area contributed by atoms with Gasteiger partial charge >= 0.3 is 0 Å². The highest BCUT2D eigenvalue weighted by atomic mass is 35.5. The van der Waals surface area contributed by atoms with Gasteiger partial charge in [-0.3, -0.25) is 4.79 Å². The third kappa shape index (κ3) is 3.97. The topological polar surface area (TPSA) is 42.9 Å². The summed E-state index contributed by atoms with van der Waals surface area (Å²) in [5, 5.41) is 0.944. The Labute approximate surface area is 143 Å². The summed E-state index contributed by atoms with van der Waals surface area (Å²) < 4.78 is 0. The van der Waals surface area contributed by atoms with E-state index < -0.39 is 0 Å². The van der Waals surface area contributed by atoms with Gasteiger partial charge in [-0.25, -0.2) is 9.97 Å². The summed E-state index contributed by atoms with van der Waals surface area (Å²) in [5.41, 5.74) is 3.21. The normalized spacial score (nSPS) is 10.5. The van der Waals surface area contributed by atoms with Crippen LogP contribution in [0.15, 0.2) is 65.8 Å². The van der Waals surface area contributed by atoms with Gasteiger partial charge in [0.05, 0.1) is 5.69 Å². The molecule has 2 aromatic carbocycles. The van der Waals surface area contributed by atoms with Crippen LogP contribution in [0.1, 0.15) is 16.1 Å². The number of nitrogens with zero attached hydrogens (tertiary/aromatic N) is 2. The molecular weight excluding hydrogens is 328 g/mol. The first kappa shape index (κ1) is 15.7. The molecule has 0 saturated carbocycles. The molecule has 0 saturated heterocycles. The first-order chi connectivity index (χ1) is 11.1. The van der Waals surface area contributed by atoms with Crippen molar-refractivity contribution in [1.29, 1.82) is 0 Å². The zero-order chi connectivity index (χ0) is 16.2. The van der Waals surface area contributed by atoms with Gasteiger partial charge in [0, 0.05) is 21.8 Å². The third-order valence-electron chi connectivity index (χ3n) is 3.17. The van der Waals surface area contributed by atoms with Crippen molar-refractivity contribution in [3.05, 3.63) is 76.9 Å². The molecule has 0 atom stereocenters. The van der Waals surface area contributed by atoms with Crippen molar-refractivity contribution in [2.75, 3.05) is 0 Å².